The molecule has 4 rings (SSSR count). The summed E-state index contributed by atoms with van der Waals surface area (Å²) in [4.78, 5) is 15.3. The molecule has 6 heteroatoms. The van der Waals surface area contributed by atoms with Crippen molar-refractivity contribution in [1.29, 1.82) is 0 Å². The largest absolute Gasteiger partial charge is 0.490 e. The first-order chi connectivity index (χ1) is 14.6. The van der Waals surface area contributed by atoms with Gasteiger partial charge in [0.15, 0.2) is 0 Å². The predicted octanol–water partition coefficient (Wildman–Crippen LogP) is 4.02. The summed E-state index contributed by atoms with van der Waals surface area (Å²) in [5.41, 5.74) is 6.04. The van der Waals surface area contributed by atoms with Crippen LogP contribution < -0.4 is 10.1 Å². The Bertz CT molecular complexity index is 986. The van der Waals surface area contributed by atoms with Gasteiger partial charge in [0, 0.05) is 11.4 Å². The SMILES string of the molecule is Cc1cc(CNC(=O)c2sc(C)c3c2C[C@@H]2[C@H]3CC2(C)C)cc(C)c1OC[C@@H](O)CO. The number of nitrogens with one attached hydrogen (secondary N) is 1. The van der Waals surface area contributed by atoms with Crippen LogP contribution in [-0.2, 0) is 13.0 Å². The van der Waals surface area contributed by atoms with Crippen molar-refractivity contribution in [1.82, 2.24) is 5.32 Å². The highest BCUT2D eigenvalue weighted by molar-refractivity contribution is 7.14. The van der Waals surface area contributed by atoms with Crippen molar-refractivity contribution in [3.8, 4) is 5.75 Å². The number of aryl methyl sites for hydroxylation is 3. The molecular formula is C25H33NO4S. The Labute approximate surface area is 188 Å². The highest BCUT2D eigenvalue weighted by Crippen LogP contribution is 2.63. The predicted molar refractivity (Wildman–Crippen MR) is 123 cm³/mol. The molecule has 1 aromatic heterocycles. The number of rotatable bonds is 7. The zero-order valence-corrected chi connectivity index (χ0v) is 19.9. The summed E-state index contributed by atoms with van der Waals surface area (Å²) in [5.74, 6) is 2.06. The van der Waals surface area contributed by atoms with E-state index in [4.69, 9.17) is 9.84 Å². The molecule has 2 aromatic rings. The number of aliphatic hydroxyl groups excluding tert-OH is 2. The van der Waals surface area contributed by atoms with Crippen molar-refractivity contribution in [2.45, 2.75) is 66.0 Å². The normalized spacial score (nSPS) is 21.8. The lowest BCUT2D eigenvalue weighted by Gasteiger charge is -2.48. The second-order valence-corrected chi connectivity index (χ2v) is 11.1. The van der Waals surface area contributed by atoms with Crippen LogP contribution in [0.1, 0.15) is 68.6 Å². The fourth-order valence-corrected chi connectivity index (χ4v) is 6.70. The number of aliphatic hydroxyl groups is 2. The van der Waals surface area contributed by atoms with Crippen LogP contribution in [0.3, 0.4) is 0 Å². The van der Waals surface area contributed by atoms with Gasteiger partial charge in [0.1, 0.15) is 18.5 Å². The second kappa shape index (κ2) is 8.23. The molecule has 0 radical (unpaired) electrons. The van der Waals surface area contributed by atoms with E-state index in [1.165, 1.54) is 22.4 Å². The standard InChI is InChI=1S/C25H33NO4S/c1-13-6-16(7-14(2)22(13)30-12-17(28)11-27)10-26-24(29)23-18-8-20-19(9-25(20,4)5)21(18)15(3)31-23/h6-7,17,19-20,27-28H,8-12H2,1-5H3,(H,26,29)/t17-,19+,20+/m0/s1. The summed E-state index contributed by atoms with van der Waals surface area (Å²) in [6.07, 6.45) is 1.37. The molecule has 2 aliphatic carbocycles. The smallest absolute Gasteiger partial charge is 0.261 e. The number of amides is 1. The van der Waals surface area contributed by atoms with Crippen LogP contribution in [0.4, 0.5) is 0 Å². The van der Waals surface area contributed by atoms with Crippen molar-refractivity contribution >= 4 is 17.2 Å². The van der Waals surface area contributed by atoms with E-state index in [0.29, 0.717) is 29.5 Å². The summed E-state index contributed by atoms with van der Waals surface area (Å²) >= 11 is 1.64. The van der Waals surface area contributed by atoms with Gasteiger partial charge in [-0.1, -0.05) is 26.0 Å². The summed E-state index contributed by atoms with van der Waals surface area (Å²) < 4.78 is 5.67. The van der Waals surface area contributed by atoms with Crippen LogP contribution in [-0.4, -0.2) is 35.4 Å². The van der Waals surface area contributed by atoms with Gasteiger partial charge in [0.25, 0.3) is 5.91 Å². The lowest BCUT2D eigenvalue weighted by molar-refractivity contribution is 0.0518. The molecule has 0 spiro atoms. The second-order valence-electron chi connectivity index (χ2n) is 9.88. The average molecular weight is 444 g/mol. The maximum absolute atomic E-state index is 13.1. The van der Waals surface area contributed by atoms with E-state index < -0.39 is 6.10 Å². The molecule has 1 amide bonds. The molecular weight excluding hydrogens is 410 g/mol. The highest BCUT2D eigenvalue weighted by atomic mass is 32.1. The molecule has 1 heterocycles. The molecule has 2 aliphatic rings. The first-order valence-electron chi connectivity index (χ1n) is 11.0. The summed E-state index contributed by atoms with van der Waals surface area (Å²) in [5, 5.41) is 21.6. The molecule has 0 saturated heterocycles. The van der Waals surface area contributed by atoms with Crippen molar-refractivity contribution < 1.29 is 19.7 Å². The zero-order chi connectivity index (χ0) is 22.5. The summed E-state index contributed by atoms with van der Waals surface area (Å²) in [6, 6.07) is 4.00. The molecule has 168 valence electrons. The molecule has 31 heavy (non-hydrogen) atoms. The summed E-state index contributed by atoms with van der Waals surface area (Å²) in [6.45, 7) is 10.9. The van der Waals surface area contributed by atoms with Crippen LogP contribution in [0.5, 0.6) is 5.75 Å². The van der Waals surface area contributed by atoms with Crippen LogP contribution >= 0.6 is 11.3 Å². The van der Waals surface area contributed by atoms with Crippen LogP contribution in [0.2, 0.25) is 0 Å². The van der Waals surface area contributed by atoms with Gasteiger partial charge in [0.05, 0.1) is 11.5 Å². The fraction of sp³-hybridized carbons (Fsp3) is 0.560. The summed E-state index contributed by atoms with van der Waals surface area (Å²) in [7, 11) is 0. The molecule has 1 fully saturated rings. The van der Waals surface area contributed by atoms with Crippen molar-refractivity contribution in [2.75, 3.05) is 13.2 Å². The Kier molecular flexibility index (Phi) is 5.92. The third-order valence-electron chi connectivity index (χ3n) is 7.07. The number of fused-ring (bicyclic) bond motifs is 3. The Balaban J connectivity index is 1.44. The Morgan fingerprint density at radius 1 is 1.29 bits per heavy atom. The molecule has 1 aromatic carbocycles. The fourth-order valence-electron chi connectivity index (χ4n) is 5.53. The van der Waals surface area contributed by atoms with Crippen LogP contribution in [0, 0.1) is 32.1 Å². The van der Waals surface area contributed by atoms with E-state index in [-0.39, 0.29) is 19.1 Å². The number of hydrogen-bond acceptors (Lipinski definition) is 5. The van der Waals surface area contributed by atoms with Crippen molar-refractivity contribution in [2.24, 2.45) is 11.3 Å². The van der Waals surface area contributed by atoms with Gasteiger partial charge < -0.3 is 20.3 Å². The number of benzene rings is 1. The molecule has 0 aliphatic heterocycles. The highest BCUT2D eigenvalue weighted by Gasteiger charge is 2.53. The third-order valence-corrected chi connectivity index (χ3v) is 8.24. The Morgan fingerprint density at radius 2 is 1.97 bits per heavy atom. The van der Waals surface area contributed by atoms with Crippen LogP contribution in [0.25, 0.3) is 0 Å². The van der Waals surface area contributed by atoms with Gasteiger partial charge in [-0.2, -0.15) is 0 Å². The van der Waals surface area contributed by atoms with E-state index in [1.54, 1.807) is 11.3 Å². The van der Waals surface area contributed by atoms with Gasteiger partial charge in [-0.05, 0) is 78.7 Å². The van der Waals surface area contributed by atoms with E-state index in [0.717, 1.165) is 28.0 Å². The number of carbonyl (C=O) groups excluding carboxylic acids is 1. The van der Waals surface area contributed by atoms with E-state index in [9.17, 15) is 9.90 Å². The van der Waals surface area contributed by atoms with Gasteiger partial charge in [0.2, 0.25) is 0 Å². The van der Waals surface area contributed by atoms with Gasteiger partial charge in [-0.25, -0.2) is 0 Å². The topological polar surface area (TPSA) is 78.8 Å². The monoisotopic (exact) mass is 443 g/mol. The molecule has 3 atom stereocenters. The van der Waals surface area contributed by atoms with Gasteiger partial charge in [-0.3, -0.25) is 4.79 Å². The van der Waals surface area contributed by atoms with Gasteiger partial charge in [-0.15, -0.1) is 11.3 Å². The molecule has 0 bridgehead atoms. The number of thiophene rings is 1. The lowest BCUT2D eigenvalue weighted by Crippen LogP contribution is -2.40. The first kappa shape index (κ1) is 22.3. The number of ether oxygens (including phenoxy) is 1. The minimum atomic E-state index is -0.894. The van der Waals surface area contributed by atoms with Gasteiger partial charge >= 0.3 is 0 Å². The number of hydrogen-bond donors (Lipinski definition) is 3. The van der Waals surface area contributed by atoms with Crippen molar-refractivity contribution in [3.63, 3.8) is 0 Å². The minimum Gasteiger partial charge on any atom is -0.490 e. The maximum atomic E-state index is 13.1. The first-order valence-corrected chi connectivity index (χ1v) is 11.9. The van der Waals surface area contributed by atoms with Crippen LogP contribution in [0.15, 0.2) is 12.1 Å². The molecule has 3 N–H and O–H groups in total. The third kappa shape index (κ3) is 4.01. The Hall–Kier alpha value is -1.89. The minimum absolute atomic E-state index is 0.0233. The van der Waals surface area contributed by atoms with E-state index in [1.807, 2.05) is 26.0 Å². The van der Waals surface area contributed by atoms with E-state index >= 15 is 0 Å². The lowest BCUT2D eigenvalue weighted by atomic mass is 9.56. The maximum Gasteiger partial charge on any atom is 0.261 e. The van der Waals surface area contributed by atoms with E-state index in [2.05, 4.69) is 26.1 Å². The zero-order valence-electron chi connectivity index (χ0n) is 19.0. The molecule has 0 unspecified atom stereocenters. The molecule has 1 saturated carbocycles. The average Bonchev–Trinajstić information content (AvgIpc) is 3.20. The quantitative estimate of drug-likeness (QED) is 0.604. The Morgan fingerprint density at radius 3 is 2.58 bits per heavy atom. The molecule has 5 nitrogen and oxygen atoms in total. The van der Waals surface area contributed by atoms with Crippen molar-refractivity contribution in [3.05, 3.63) is 49.7 Å². The number of carbonyl (C=O) groups is 1.